The Morgan fingerprint density at radius 3 is 3.09 bits per heavy atom. The normalized spacial score (nSPS) is 24.1. The van der Waals surface area contributed by atoms with Gasteiger partial charge in [-0.25, -0.2) is 0 Å². The summed E-state index contributed by atoms with van der Waals surface area (Å²) in [6.45, 7) is 0. The van der Waals surface area contributed by atoms with Crippen LogP contribution in [0.15, 0.2) is 11.8 Å². The van der Waals surface area contributed by atoms with Crippen molar-refractivity contribution in [1.82, 2.24) is 0 Å². The van der Waals surface area contributed by atoms with Gasteiger partial charge in [0, 0.05) is 24.8 Å². The summed E-state index contributed by atoms with van der Waals surface area (Å²) in [4.78, 5) is 10.7. The molecule has 1 aliphatic rings. The van der Waals surface area contributed by atoms with Crippen LogP contribution < -0.4 is 0 Å². The van der Waals surface area contributed by atoms with Gasteiger partial charge >= 0.3 is 0 Å². The molecule has 0 heterocycles. The van der Waals surface area contributed by atoms with Crippen molar-refractivity contribution >= 4 is 5.78 Å². The number of hydrogen-bond donors (Lipinski definition) is 1. The third kappa shape index (κ3) is 1.84. The molecule has 0 radical (unpaired) electrons. The first-order chi connectivity index (χ1) is 5.24. The van der Waals surface area contributed by atoms with Crippen LogP contribution in [-0.2, 0) is 4.79 Å². The molecule has 1 rings (SSSR count). The molecule has 0 saturated heterocycles. The van der Waals surface area contributed by atoms with E-state index in [2.05, 4.69) is 5.92 Å². The second kappa shape index (κ2) is 3.25. The number of carbonyl (C=O) groups excluding carboxylic acids is 1. The number of aliphatic hydroxyl groups excluding tert-OH is 1. The summed E-state index contributed by atoms with van der Waals surface area (Å²) < 4.78 is 0. The van der Waals surface area contributed by atoms with Gasteiger partial charge in [-0.3, -0.25) is 4.79 Å². The lowest BCUT2D eigenvalue weighted by Crippen LogP contribution is -2.13. The van der Waals surface area contributed by atoms with Gasteiger partial charge in [0.05, 0.1) is 5.76 Å². The fourth-order valence-corrected chi connectivity index (χ4v) is 1.17. The third-order valence-corrected chi connectivity index (χ3v) is 1.83. The van der Waals surface area contributed by atoms with Gasteiger partial charge in [0.2, 0.25) is 0 Å². The van der Waals surface area contributed by atoms with Crippen molar-refractivity contribution in [3.63, 3.8) is 0 Å². The second-order valence-corrected chi connectivity index (χ2v) is 2.68. The molecule has 1 aliphatic carbocycles. The second-order valence-electron chi connectivity index (χ2n) is 2.68. The van der Waals surface area contributed by atoms with Crippen molar-refractivity contribution in [1.29, 1.82) is 0 Å². The number of ketones is 1. The lowest BCUT2D eigenvalue weighted by atomic mass is 9.91. The average molecular weight is 150 g/mol. The molecule has 2 heteroatoms. The van der Waals surface area contributed by atoms with Crippen LogP contribution in [0.2, 0.25) is 0 Å². The van der Waals surface area contributed by atoms with E-state index in [0.717, 1.165) is 0 Å². The summed E-state index contributed by atoms with van der Waals surface area (Å²) in [5.74, 6) is 2.63. The first kappa shape index (κ1) is 7.87. The monoisotopic (exact) mass is 150 g/mol. The van der Waals surface area contributed by atoms with Crippen molar-refractivity contribution in [3.8, 4) is 12.3 Å². The standard InChI is InChI=1S/C9H10O2/c1-2-3-7-4-5-8(10)6-9(7)11/h1,6-7,11H,3-5H2. The van der Waals surface area contributed by atoms with Crippen LogP contribution in [0.1, 0.15) is 19.3 Å². The van der Waals surface area contributed by atoms with Gasteiger partial charge in [-0.15, -0.1) is 12.3 Å². The molecule has 0 aliphatic heterocycles. The molecular weight excluding hydrogens is 140 g/mol. The van der Waals surface area contributed by atoms with Gasteiger partial charge in [0.1, 0.15) is 0 Å². The van der Waals surface area contributed by atoms with Gasteiger partial charge in [0.15, 0.2) is 5.78 Å². The molecule has 0 aromatic heterocycles. The maximum absolute atomic E-state index is 10.7. The summed E-state index contributed by atoms with van der Waals surface area (Å²) in [5.41, 5.74) is 0. The van der Waals surface area contributed by atoms with Crippen LogP contribution in [0.25, 0.3) is 0 Å². The van der Waals surface area contributed by atoms with Crippen LogP contribution in [-0.4, -0.2) is 10.9 Å². The molecule has 0 aromatic rings. The minimum atomic E-state index is -0.00392. The van der Waals surface area contributed by atoms with Crippen molar-refractivity contribution < 1.29 is 9.90 Å². The molecule has 1 unspecified atom stereocenters. The van der Waals surface area contributed by atoms with E-state index >= 15 is 0 Å². The molecule has 58 valence electrons. The van der Waals surface area contributed by atoms with Gasteiger partial charge in [0.25, 0.3) is 0 Å². The highest BCUT2D eigenvalue weighted by Crippen LogP contribution is 2.23. The van der Waals surface area contributed by atoms with E-state index in [-0.39, 0.29) is 17.5 Å². The van der Waals surface area contributed by atoms with E-state index in [0.29, 0.717) is 19.3 Å². The SMILES string of the molecule is C#CCC1CCC(=O)C=C1O. The lowest BCUT2D eigenvalue weighted by molar-refractivity contribution is -0.115. The maximum Gasteiger partial charge on any atom is 0.159 e. The Kier molecular flexibility index (Phi) is 2.32. The van der Waals surface area contributed by atoms with E-state index in [1.54, 1.807) is 0 Å². The van der Waals surface area contributed by atoms with Gasteiger partial charge in [-0.1, -0.05) is 0 Å². The minimum Gasteiger partial charge on any atom is -0.512 e. The van der Waals surface area contributed by atoms with Crippen LogP contribution in [0.3, 0.4) is 0 Å². The number of allylic oxidation sites excluding steroid dienone is 2. The Balaban J connectivity index is 2.66. The fraction of sp³-hybridized carbons (Fsp3) is 0.444. The minimum absolute atomic E-state index is 0.00392. The number of aliphatic hydroxyl groups is 1. The molecule has 0 amide bonds. The van der Waals surface area contributed by atoms with E-state index in [1.165, 1.54) is 6.08 Å². The molecule has 0 fully saturated rings. The van der Waals surface area contributed by atoms with Gasteiger partial charge < -0.3 is 5.11 Å². The van der Waals surface area contributed by atoms with E-state index < -0.39 is 0 Å². The Morgan fingerprint density at radius 2 is 2.55 bits per heavy atom. The Bertz CT molecular complexity index is 232. The van der Waals surface area contributed by atoms with E-state index in [1.807, 2.05) is 0 Å². The topological polar surface area (TPSA) is 37.3 Å². The first-order valence-corrected chi connectivity index (χ1v) is 3.61. The zero-order valence-electron chi connectivity index (χ0n) is 6.21. The molecular formula is C9H10O2. The van der Waals surface area contributed by atoms with E-state index in [4.69, 9.17) is 6.42 Å². The smallest absolute Gasteiger partial charge is 0.159 e. The summed E-state index contributed by atoms with van der Waals surface area (Å²) in [7, 11) is 0. The quantitative estimate of drug-likeness (QED) is 0.574. The van der Waals surface area contributed by atoms with Gasteiger partial charge in [-0.2, -0.15) is 0 Å². The molecule has 0 spiro atoms. The Labute approximate surface area is 65.9 Å². The first-order valence-electron chi connectivity index (χ1n) is 3.61. The lowest BCUT2D eigenvalue weighted by Gasteiger charge is -2.16. The molecule has 11 heavy (non-hydrogen) atoms. The number of carbonyl (C=O) groups is 1. The highest BCUT2D eigenvalue weighted by Gasteiger charge is 2.19. The Hall–Kier alpha value is -1.23. The predicted octanol–water partition coefficient (Wildman–Crippen LogP) is 1.43. The summed E-state index contributed by atoms with van der Waals surface area (Å²) >= 11 is 0. The highest BCUT2D eigenvalue weighted by molar-refractivity contribution is 5.90. The largest absolute Gasteiger partial charge is 0.512 e. The van der Waals surface area contributed by atoms with Crippen molar-refractivity contribution in [2.45, 2.75) is 19.3 Å². The zero-order chi connectivity index (χ0) is 8.27. The highest BCUT2D eigenvalue weighted by atomic mass is 16.3. The number of terminal acetylenes is 1. The Morgan fingerprint density at radius 1 is 1.82 bits per heavy atom. The third-order valence-electron chi connectivity index (χ3n) is 1.83. The molecule has 2 nitrogen and oxygen atoms in total. The van der Waals surface area contributed by atoms with Crippen molar-refractivity contribution in [2.24, 2.45) is 5.92 Å². The summed E-state index contributed by atoms with van der Waals surface area (Å²) in [6.07, 6.45) is 8.09. The van der Waals surface area contributed by atoms with Crippen molar-refractivity contribution in [2.75, 3.05) is 0 Å². The van der Waals surface area contributed by atoms with E-state index in [9.17, 15) is 9.90 Å². The molecule has 0 bridgehead atoms. The predicted molar refractivity (Wildman–Crippen MR) is 41.9 cm³/mol. The fourth-order valence-electron chi connectivity index (χ4n) is 1.17. The summed E-state index contributed by atoms with van der Waals surface area (Å²) in [5, 5.41) is 9.22. The molecule has 1 N–H and O–H groups in total. The number of rotatable bonds is 1. The summed E-state index contributed by atoms with van der Waals surface area (Å²) in [6, 6.07) is 0. The van der Waals surface area contributed by atoms with Crippen LogP contribution in [0.4, 0.5) is 0 Å². The molecule has 1 atom stereocenters. The number of hydrogen-bond acceptors (Lipinski definition) is 2. The average Bonchev–Trinajstić information content (AvgIpc) is 1.95. The van der Waals surface area contributed by atoms with Gasteiger partial charge in [-0.05, 0) is 6.42 Å². The molecule has 0 aromatic carbocycles. The van der Waals surface area contributed by atoms with Crippen LogP contribution >= 0.6 is 0 Å². The maximum atomic E-state index is 10.7. The van der Waals surface area contributed by atoms with Crippen LogP contribution in [0, 0.1) is 18.3 Å². The molecule has 0 saturated carbocycles. The van der Waals surface area contributed by atoms with Crippen LogP contribution in [0.5, 0.6) is 0 Å². The van der Waals surface area contributed by atoms with Crippen molar-refractivity contribution in [3.05, 3.63) is 11.8 Å². The zero-order valence-corrected chi connectivity index (χ0v) is 6.21.